The molecule has 0 saturated heterocycles. The number of methoxy groups -OCH3 is 2. The van der Waals surface area contributed by atoms with E-state index < -0.39 is 27.9 Å². The fourth-order valence-corrected chi connectivity index (χ4v) is 4.22. The van der Waals surface area contributed by atoms with E-state index in [4.69, 9.17) is 9.47 Å². The number of carbonyl (C=O) groups is 2. The Balaban J connectivity index is 2.40. The molecule has 0 aliphatic rings. The average Bonchev–Trinajstić information content (AvgIpc) is 2.72. The van der Waals surface area contributed by atoms with E-state index in [1.54, 1.807) is 50.2 Å². The van der Waals surface area contributed by atoms with E-state index in [0.717, 1.165) is 16.1 Å². The van der Waals surface area contributed by atoms with Crippen molar-refractivity contribution >= 4 is 33.3 Å². The van der Waals surface area contributed by atoms with Gasteiger partial charge in [0.15, 0.2) is 0 Å². The molecule has 0 fully saturated rings. The number of hydrogen-bond acceptors (Lipinski definition) is 6. The molecule has 1 amide bonds. The third kappa shape index (κ3) is 5.29. The number of benzene rings is 2. The van der Waals surface area contributed by atoms with Crippen molar-refractivity contribution < 1.29 is 27.5 Å². The number of nitrogens with zero attached hydrogens (tertiary/aromatic N) is 1. The number of hydrogen-bond donors (Lipinski definition) is 1. The minimum atomic E-state index is -3.76. The van der Waals surface area contributed by atoms with Crippen molar-refractivity contribution in [2.45, 2.75) is 26.3 Å². The molecule has 0 aliphatic heterocycles. The zero-order chi connectivity index (χ0) is 22.5. The summed E-state index contributed by atoms with van der Waals surface area (Å²) >= 11 is 0. The van der Waals surface area contributed by atoms with Crippen LogP contribution in [0.2, 0.25) is 0 Å². The Hall–Kier alpha value is -3.07. The van der Waals surface area contributed by atoms with Crippen LogP contribution < -0.4 is 14.4 Å². The monoisotopic (exact) mass is 434 g/mol. The number of ether oxygens (including phenoxy) is 2. The topological polar surface area (TPSA) is 102 Å². The van der Waals surface area contributed by atoms with Gasteiger partial charge in [-0.15, -0.1) is 0 Å². The summed E-state index contributed by atoms with van der Waals surface area (Å²) in [5.41, 5.74) is 1.76. The van der Waals surface area contributed by atoms with Crippen molar-refractivity contribution in [3.8, 4) is 5.75 Å². The third-order valence-electron chi connectivity index (χ3n) is 4.57. The van der Waals surface area contributed by atoms with Crippen LogP contribution in [0.4, 0.5) is 11.4 Å². The highest BCUT2D eigenvalue weighted by Crippen LogP contribution is 2.26. The Labute approximate surface area is 176 Å². The standard InChI is InChI=1S/C21H26N2O6S/c1-6-19(23(30(5,26)27)16-9-11-17(28-3)12-10-16)20(24)22-18-13-15(21(25)29-4)8-7-14(18)2/h7-13,19H,6H2,1-5H3,(H,22,24)/t19-/m0/s1. The summed E-state index contributed by atoms with van der Waals surface area (Å²) in [5, 5.41) is 2.75. The average molecular weight is 435 g/mol. The minimum Gasteiger partial charge on any atom is -0.497 e. The first-order valence-electron chi connectivity index (χ1n) is 9.25. The Morgan fingerprint density at radius 1 is 1.10 bits per heavy atom. The van der Waals surface area contributed by atoms with E-state index in [1.807, 2.05) is 0 Å². The third-order valence-corrected chi connectivity index (χ3v) is 5.75. The first kappa shape index (κ1) is 23.2. The summed E-state index contributed by atoms with van der Waals surface area (Å²) in [7, 11) is -0.984. The smallest absolute Gasteiger partial charge is 0.337 e. The largest absolute Gasteiger partial charge is 0.497 e. The van der Waals surface area contributed by atoms with Gasteiger partial charge in [-0.1, -0.05) is 13.0 Å². The van der Waals surface area contributed by atoms with Gasteiger partial charge in [0.2, 0.25) is 15.9 Å². The molecule has 2 aromatic carbocycles. The molecule has 0 radical (unpaired) electrons. The zero-order valence-electron chi connectivity index (χ0n) is 17.6. The molecule has 162 valence electrons. The summed E-state index contributed by atoms with van der Waals surface area (Å²) < 4.78 is 36.0. The van der Waals surface area contributed by atoms with Crippen molar-refractivity contribution in [2.24, 2.45) is 0 Å². The second-order valence-corrected chi connectivity index (χ2v) is 8.55. The maximum absolute atomic E-state index is 13.1. The molecule has 1 N–H and O–H groups in total. The van der Waals surface area contributed by atoms with Crippen LogP contribution in [0.3, 0.4) is 0 Å². The van der Waals surface area contributed by atoms with Gasteiger partial charge in [-0.2, -0.15) is 0 Å². The number of carbonyl (C=O) groups excluding carboxylic acids is 2. The number of amides is 1. The van der Waals surface area contributed by atoms with Gasteiger partial charge in [-0.05, 0) is 55.3 Å². The molecule has 0 unspecified atom stereocenters. The minimum absolute atomic E-state index is 0.237. The van der Waals surface area contributed by atoms with Gasteiger partial charge in [0.05, 0.1) is 31.7 Å². The highest BCUT2D eigenvalue weighted by molar-refractivity contribution is 7.92. The lowest BCUT2D eigenvalue weighted by atomic mass is 10.1. The molecular weight excluding hydrogens is 408 g/mol. The fourth-order valence-electron chi connectivity index (χ4n) is 3.01. The number of sulfonamides is 1. The highest BCUT2D eigenvalue weighted by Gasteiger charge is 2.31. The van der Waals surface area contributed by atoms with Gasteiger partial charge < -0.3 is 14.8 Å². The summed E-state index contributed by atoms with van der Waals surface area (Å²) in [6.45, 7) is 3.50. The molecule has 0 aromatic heterocycles. The second kappa shape index (κ2) is 9.62. The van der Waals surface area contributed by atoms with Crippen molar-refractivity contribution in [2.75, 3.05) is 30.1 Å². The molecule has 0 spiro atoms. The lowest BCUT2D eigenvalue weighted by Gasteiger charge is -2.30. The Morgan fingerprint density at radius 2 is 1.73 bits per heavy atom. The van der Waals surface area contributed by atoms with Crippen LogP contribution in [-0.2, 0) is 19.6 Å². The van der Waals surface area contributed by atoms with E-state index in [9.17, 15) is 18.0 Å². The number of aryl methyl sites for hydroxylation is 1. The van der Waals surface area contributed by atoms with Crippen LogP contribution in [0, 0.1) is 6.92 Å². The van der Waals surface area contributed by atoms with Gasteiger partial charge in [0.25, 0.3) is 0 Å². The fraction of sp³-hybridized carbons (Fsp3) is 0.333. The molecule has 8 nitrogen and oxygen atoms in total. The molecule has 0 saturated carbocycles. The molecule has 30 heavy (non-hydrogen) atoms. The number of rotatable bonds is 8. The summed E-state index contributed by atoms with van der Waals surface area (Å²) in [6.07, 6.45) is 1.29. The molecule has 0 bridgehead atoms. The predicted molar refractivity (Wildman–Crippen MR) is 116 cm³/mol. The molecule has 9 heteroatoms. The van der Waals surface area contributed by atoms with E-state index in [0.29, 0.717) is 17.1 Å². The molecule has 1 atom stereocenters. The lowest BCUT2D eigenvalue weighted by molar-refractivity contribution is -0.117. The maximum Gasteiger partial charge on any atom is 0.337 e. The lowest BCUT2D eigenvalue weighted by Crippen LogP contribution is -2.47. The molecular formula is C21H26N2O6S. The van der Waals surface area contributed by atoms with Gasteiger partial charge >= 0.3 is 5.97 Å². The summed E-state index contributed by atoms with van der Waals surface area (Å²) in [5.74, 6) is -0.475. The van der Waals surface area contributed by atoms with Crippen LogP contribution in [0.15, 0.2) is 42.5 Å². The zero-order valence-corrected chi connectivity index (χ0v) is 18.4. The van der Waals surface area contributed by atoms with Crippen molar-refractivity contribution in [3.63, 3.8) is 0 Å². The first-order valence-corrected chi connectivity index (χ1v) is 11.1. The Kier molecular flexibility index (Phi) is 7.44. The van der Waals surface area contributed by atoms with Gasteiger partial charge in [0.1, 0.15) is 11.8 Å². The normalized spacial score (nSPS) is 12.0. The summed E-state index contributed by atoms with van der Waals surface area (Å²) in [6, 6.07) is 10.2. The number of anilines is 2. The van der Waals surface area contributed by atoms with Crippen LogP contribution in [0.25, 0.3) is 0 Å². The van der Waals surface area contributed by atoms with Crippen molar-refractivity contribution in [3.05, 3.63) is 53.6 Å². The highest BCUT2D eigenvalue weighted by atomic mass is 32.2. The number of esters is 1. The quantitative estimate of drug-likeness (QED) is 0.641. The van der Waals surface area contributed by atoms with E-state index in [1.165, 1.54) is 20.3 Å². The SMILES string of the molecule is CC[C@@H](C(=O)Nc1cc(C(=O)OC)ccc1C)N(c1ccc(OC)cc1)S(C)(=O)=O. The Bertz CT molecular complexity index is 1020. The predicted octanol–water partition coefficient (Wildman–Crippen LogP) is 2.97. The van der Waals surface area contributed by atoms with Gasteiger partial charge in [-0.3, -0.25) is 9.10 Å². The molecule has 0 aliphatic carbocycles. The van der Waals surface area contributed by atoms with Crippen molar-refractivity contribution in [1.29, 1.82) is 0 Å². The van der Waals surface area contributed by atoms with E-state index in [2.05, 4.69) is 5.32 Å². The molecule has 2 aromatic rings. The van der Waals surface area contributed by atoms with E-state index >= 15 is 0 Å². The first-order chi connectivity index (χ1) is 14.1. The van der Waals surface area contributed by atoms with Crippen LogP contribution in [0.1, 0.15) is 29.3 Å². The number of nitrogens with one attached hydrogen (secondary N) is 1. The van der Waals surface area contributed by atoms with Crippen LogP contribution in [0.5, 0.6) is 5.75 Å². The molecule has 2 rings (SSSR count). The maximum atomic E-state index is 13.1. The van der Waals surface area contributed by atoms with Crippen molar-refractivity contribution in [1.82, 2.24) is 0 Å². The Morgan fingerprint density at radius 3 is 2.23 bits per heavy atom. The second-order valence-electron chi connectivity index (χ2n) is 6.69. The van der Waals surface area contributed by atoms with Crippen LogP contribution >= 0.6 is 0 Å². The van der Waals surface area contributed by atoms with Gasteiger partial charge in [-0.25, -0.2) is 13.2 Å². The van der Waals surface area contributed by atoms with Gasteiger partial charge in [0, 0.05) is 5.69 Å². The molecule has 0 heterocycles. The van der Waals surface area contributed by atoms with E-state index in [-0.39, 0.29) is 12.0 Å². The van der Waals surface area contributed by atoms with Crippen LogP contribution in [-0.4, -0.2) is 46.8 Å². The summed E-state index contributed by atoms with van der Waals surface area (Å²) in [4.78, 5) is 24.9.